The molecule has 19 heavy (non-hydrogen) atoms. The second-order valence-electron chi connectivity index (χ2n) is 7.50. The topological polar surface area (TPSA) is 35.2 Å². The highest BCUT2D eigenvalue weighted by Gasteiger charge is 2.33. The summed E-state index contributed by atoms with van der Waals surface area (Å²) in [5.74, 6) is 0.961. The van der Waals surface area contributed by atoms with E-state index in [0.717, 1.165) is 25.5 Å². The number of nitrogens with two attached hydrogens (primary N) is 1. The first-order valence-electron chi connectivity index (χ1n) is 8.25. The van der Waals surface area contributed by atoms with Crippen LogP contribution in [-0.4, -0.2) is 18.8 Å². The lowest BCUT2D eigenvalue weighted by molar-refractivity contribution is -0.0247. The van der Waals surface area contributed by atoms with Crippen molar-refractivity contribution in [2.45, 2.75) is 84.7 Å². The molecule has 1 aliphatic rings. The molecule has 0 aromatic carbocycles. The van der Waals surface area contributed by atoms with Gasteiger partial charge in [-0.25, -0.2) is 0 Å². The molecule has 2 N–H and O–H groups in total. The first-order chi connectivity index (χ1) is 8.91. The van der Waals surface area contributed by atoms with Crippen LogP contribution in [0.15, 0.2) is 0 Å². The van der Waals surface area contributed by atoms with Crippen molar-refractivity contribution in [1.29, 1.82) is 0 Å². The lowest BCUT2D eigenvalue weighted by atomic mass is 9.68. The van der Waals surface area contributed by atoms with Gasteiger partial charge in [0.25, 0.3) is 0 Å². The Labute approximate surface area is 120 Å². The second-order valence-corrected chi connectivity index (χ2v) is 7.50. The van der Waals surface area contributed by atoms with Crippen molar-refractivity contribution in [3.63, 3.8) is 0 Å². The zero-order valence-corrected chi connectivity index (χ0v) is 13.6. The molecular formula is C17H35NO. The van der Waals surface area contributed by atoms with Crippen LogP contribution >= 0.6 is 0 Å². The average molecular weight is 269 g/mol. The third-order valence-corrected chi connectivity index (χ3v) is 4.73. The number of hydrogen-bond acceptors (Lipinski definition) is 2. The molecule has 114 valence electrons. The van der Waals surface area contributed by atoms with Crippen LogP contribution in [0.3, 0.4) is 0 Å². The molecule has 0 aromatic heterocycles. The molecule has 2 heteroatoms. The summed E-state index contributed by atoms with van der Waals surface area (Å²) in [7, 11) is 0. The molecule has 0 unspecified atom stereocenters. The van der Waals surface area contributed by atoms with Gasteiger partial charge in [0.05, 0.1) is 5.60 Å². The summed E-state index contributed by atoms with van der Waals surface area (Å²) < 4.78 is 5.90. The molecule has 0 atom stereocenters. The Bertz CT molecular complexity index is 236. The molecule has 1 fully saturated rings. The van der Waals surface area contributed by atoms with Crippen LogP contribution in [-0.2, 0) is 4.74 Å². The van der Waals surface area contributed by atoms with Crippen molar-refractivity contribution in [1.82, 2.24) is 0 Å². The van der Waals surface area contributed by atoms with Crippen molar-refractivity contribution in [2.24, 2.45) is 17.1 Å². The van der Waals surface area contributed by atoms with E-state index in [1.165, 1.54) is 44.9 Å². The number of ether oxygens (including phenoxy) is 1. The molecule has 0 bridgehead atoms. The van der Waals surface area contributed by atoms with E-state index < -0.39 is 0 Å². The predicted molar refractivity (Wildman–Crippen MR) is 83.3 cm³/mol. The van der Waals surface area contributed by atoms with E-state index in [9.17, 15) is 0 Å². The van der Waals surface area contributed by atoms with E-state index in [1.54, 1.807) is 0 Å². The average Bonchev–Trinajstić information content (AvgIpc) is 2.36. The zero-order valence-electron chi connectivity index (χ0n) is 13.6. The second kappa shape index (κ2) is 7.64. The molecule has 0 radical (unpaired) electrons. The molecular weight excluding hydrogens is 234 g/mol. The molecule has 0 heterocycles. The summed E-state index contributed by atoms with van der Waals surface area (Å²) in [5.41, 5.74) is 6.43. The molecule has 2 nitrogen and oxygen atoms in total. The fraction of sp³-hybridized carbons (Fsp3) is 1.00. The minimum atomic E-state index is -0.0197. The van der Waals surface area contributed by atoms with Crippen molar-refractivity contribution < 1.29 is 4.74 Å². The van der Waals surface area contributed by atoms with Crippen LogP contribution in [0.2, 0.25) is 0 Å². The number of hydrogen-bond donors (Lipinski definition) is 1. The fourth-order valence-electron chi connectivity index (χ4n) is 3.20. The van der Waals surface area contributed by atoms with Gasteiger partial charge in [0.2, 0.25) is 0 Å². The maximum atomic E-state index is 6.08. The lowest BCUT2D eigenvalue weighted by Gasteiger charge is -2.40. The number of unbranched alkanes of at least 4 members (excludes halogenated alkanes) is 1. The van der Waals surface area contributed by atoms with E-state index in [4.69, 9.17) is 10.5 Å². The minimum Gasteiger partial charge on any atom is -0.376 e. The predicted octanol–water partition coefficient (Wildman–Crippen LogP) is 4.52. The van der Waals surface area contributed by atoms with Crippen molar-refractivity contribution in [3.8, 4) is 0 Å². The van der Waals surface area contributed by atoms with Crippen LogP contribution in [0.4, 0.5) is 0 Å². The Hall–Kier alpha value is -0.0800. The van der Waals surface area contributed by atoms with Crippen molar-refractivity contribution in [3.05, 3.63) is 0 Å². The SMILES string of the molecule is CCCCC1CCC(CN)(CCOC(C)(C)C)CC1. The summed E-state index contributed by atoms with van der Waals surface area (Å²) in [5, 5.41) is 0. The van der Waals surface area contributed by atoms with Crippen LogP contribution in [0, 0.1) is 11.3 Å². The van der Waals surface area contributed by atoms with E-state index >= 15 is 0 Å². The monoisotopic (exact) mass is 269 g/mol. The van der Waals surface area contributed by atoms with Crippen molar-refractivity contribution in [2.75, 3.05) is 13.2 Å². The normalized spacial score (nSPS) is 28.6. The van der Waals surface area contributed by atoms with Gasteiger partial charge in [-0.15, -0.1) is 0 Å². The molecule has 0 aliphatic heterocycles. The molecule has 1 aliphatic carbocycles. The summed E-state index contributed by atoms with van der Waals surface area (Å²) >= 11 is 0. The first-order valence-corrected chi connectivity index (χ1v) is 8.25. The van der Waals surface area contributed by atoms with Gasteiger partial charge in [0, 0.05) is 6.61 Å². The van der Waals surface area contributed by atoms with Gasteiger partial charge in [-0.2, -0.15) is 0 Å². The van der Waals surface area contributed by atoms with Crippen molar-refractivity contribution >= 4 is 0 Å². The zero-order chi connectivity index (χ0) is 14.4. The van der Waals surface area contributed by atoms with E-state index in [1.807, 2.05) is 0 Å². The maximum Gasteiger partial charge on any atom is 0.0598 e. The summed E-state index contributed by atoms with van der Waals surface area (Å²) in [6.45, 7) is 10.4. The Morgan fingerprint density at radius 3 is 2.32 bits per heavy atom. The lowest BCUT2D eigenvalue weighted by Crippen LogP contribution is -2.36. The Kier molecular flexibility index (Phi) is 6.82. The van der Waals surface area contributed by atoms with Gasteiger partial charge in [-0.05, 0) is 70.8 Å². The van der Waals surface area contributed by atoms with Crippen LogP contribution in [0.25, 0.3) is 0 Å². The highest BCUT2D eigenvalue weighted by molar-refractivity contribution is 4.86. The molecule has 0 aromatic rings. The van der Waals surface area contributed by atoms with Gasteiger partial charge in [-0.3, -0.25) is 0 Å². The minimum absolute atomic E-state index is 0.0197. The summed E-state index contributed by atoms with van der Waals surface area (Å²) in [6, 6.07) is 0. The van der Waals surface area contributed by atoms with Gasteiger partial charge < -0.3 is 10.5 Å². The smallest absolute Gasteiger partial charge is 0.0598 e. The quantitative estimate of drug-likeness (QED) is 0.737. The third kappa shape index (κ3) is 6.27. The Morgan fingerprint density at radius 2 is 1.84 bits per heavy atom. The first kappa shape index (κ1) is 17.0. The number of rotatable bonds is 7. The molecule has 1 rings (SSSR count). The van der Waals surface area contributed by atoms with Crippen LogP contribution in [0.5, 0.6) is 0 Å². The van der Waals surface area contributed by atoms with Gasteiger partial charge in [0.15, 0.2) is 0 Å². The van der Waals surface area contributed by atoms with Gasteiger partial charge in [0.1, 0.15) is 0 Å². The molecule has 0 amide bonds. The maximum absolute atomic E-state index is 6.08. The summed E-state index contributed by atoms with van der Waals surface area (Å²) in [6.07, 6.45) is 10.7. The molecule has 0 saturated heterocycles. The Morgan fingerprint density at radius 1 is 1.21 bits per heavy atom. The molecule has 1 saturated carbocycles. The van der Waals surface area contributed by atoms with Gasteiger partial charge in [-0.1, -0.05) is 26.2 Å². The largest absolute Gasteiger partial charge is 0.376 e. The van der Waals surface area contributed by atoms with E-state index in [0.29, 0.717) is 5.41 Å². The fourth-order valence-corrected chi connectivity index (χ4v) is 3.20. The summed E-state index contributed by atoms with van der Waals surface area (Å²) in [4.78, 5) is 0. The van der Waals surface area contributed by atoms with E-state index in [2.05, 4.69) is 27.7 Å². The highest BCUT2D eigenvalue weighted by atomic mass is 16.5. The van der Waals surface area contributed by atoms with Gasteiger partial charge >= 0.3 is 0 Å². The highest BCUT2D eigenvalue weighted by Crippen LogP contribution is 2.42. The van der Waals surface area contributed by atoms with Crippen LogP contribution < -0.4 is 5.73 Å². The third-order valence-electron chi connectivity index (χ3n) is 4.73. The van der Waals surface area contributed by atoms with Crippen LogP contribution in [0.1, 0.15) is 79.1 Å². The molecule has 0 spiro atoms. The standard InChI is InChI=1S/C17H35NO/c1-5-6-7-15-8-10-17(14-18,11-9-15)12-13-19-16(2,3)4/h15H,5-14,18H2,1-4H3. The Balaban J connectivity index is 2.33. The van der Waals surface area contributed by atoms with E-state index in [-0.39, 0.29) is 5.60 Å².